The molecule has 4 rings (SSSR count). The second kappa shape index (κ2) is 11.3. The third-order valence-electron chi connectivity index (χ3n) is 5.72. The van der Waals surface area contributed by atoms with Crippen molar-refractivity contribution in [2.75, 3.05) is 43.5 Å². The van der Waals surface area contributed by atoms with E-state index < -0.39 is 0 Å². The number of hydrogen-bond acceptors (Lipinski definition) is 5. The van der Waals surface area contributed by atoms with Crippen molar-refractivity contribution in [2.45, 2.75) is 0 Å². The number of thiocarbonyl (C=S) groups is 1. The number of carbonyl (C=O) groups is 2. The molecule has 0 atom stereocenters. The quantitative estimate of drug-likeness (QED) is 0.452. The Morgan fingerprint density at radius 3 is 2.29 bits per heavy atom. The van der Waals surface area contributed by atoms with Crippen LogP contribution in [0.25, 0.3) is 0 Å². The van der Waals surface area contributed by atoms with Crippen LogP contribution >= 0.6 is 28.1 Å². The van der Waals surface area contributed by atoms with E-state index in [4.69, 9.17) is 17.0 Å². The largest absolute Gasteiger partial charge is 0.496 e. The lowest BCUT2D eigenvalue weighted by Gasteiger charge is -2.37. The summed E-state index contributed by atoms with van der Waals surface area (Å²) in [5.74, 6) is 0.365. The van der Waals surface area contributed by atoms with E-state index in [-0.39, 0.29) is 16.9 Å². The summed E-state index contributed by atoms with van der Waals surface area (Å²) in [5.41, 5.74) is 2.90. The van der Waals surface area contributed by atoms with Crippen LogP contribution in [0, 0.1) is 0 Å². The number of rotatable bonds is 5. The highest BCUT2D eigenvalue weighted by Gasteiger charge is 2.23. The third kappa shape index (κ3) is 5.98. The minimum atomic E-state index is -0.323. The molecule has 1 aliphatic rings. The molecule has 9 heteroatoms. The lowest BCUT2D eigenvalue weighted by atomic mass is 10.1. The van der Waals surface area contributed by atoms with Gasteiger partial charge in [-0.05, 0) is 70.6 Å². The zero-order valence-corrected chi connectivity index (χ0v) is 21.6. The number of benzene rings is 3. The molecule has 1 fully saturated rings. The van der Waals surface area contributed by atoms with Gasteiger partial charge in [-0.15, -0.1) is 0 Å². The molecule has 35 heavy (non-hydrogen) atoms. The summed E-state index contributed by atoms with van der Waals surface area (Å²) >= 11 is 8.80. The van der Waals surface area contributed by atoms with Gasteiger partial charge in [0.25, 0.3) is 11.8 Å². The van der Waals surface area contributed by atoms with Crippen LogP contribution in [0.1, 0.15) is 20.7 Å². The van der Waals surface area contributed by atoms with Gasteiger partial charge in [-0.3, -0.25) is 14.9 Å². The maximum atomic E-state index is 12.8. The Kier molecular flexibility index (Phi) is 7.99. The molecule has 0 aliphatic carbocycles. The molecule has 7 nitrogen and oxygen atoms in total. The van der Waals surface area contributed by atoms with Gasteiger partial charge in [-0.1, -0.05) is 30.3 Å². The predicted molar refractivity (Wildman–Crippen MR) is 145 cm³/mol. The van der Waals surface area contributed by atoms with Crippen LogP contribution in [0.4, 0.5) is 11.4 Å². The number of anilines is 2. The van der Waals surface area contributed by atoms with E-state index in [9.17, 15) is 9.59 Å². The van der Waals surface area contributed by atoms with Crippen molar-refractivity contribution in [1.82, 2.24) is 10.2 Å². The first kappa shape index (κ1) is 24.7. The van der Waals surface area contributed by atoms with Crippen LogP contribution in [0.3, 0.4) is 0 Å². The highest BCUT2D eigenvalue weighted by molar-refractivity contribution is 9.10. The highest BCUT2D eigenvalue weighted by atomic mass is 79.9. The van der Waals surface area contributed by atoms with Crippen molar-refractivity contribution in [3.8, 4) is 5.75 Å². The molecule has 2 N–H and O–H groups in total. The van der Waals surface area contributed by atoms with Crippen molar-refractivity contribution >= 4 is 56.4 Å². The van der Waals surface area contributed by atoms with Gasteiger partial charge in [0.15, 0.2) is 5.11 Å². The van der Waals surface area contributed by atoms with Crippen LogP contribution in [-0.4, -0.2) is 55.1 Å². The van der Waals surface area contributed by atoms with Gasteiger partial charge in [0.05, 0.1) is 23.0 Å². The van der Waals surface area contributed by atoms with Gasteiger partial charge in [-0.2, -0.15) is 0 Å². The van der Waals surface area contributed by atoms with Crippen LogP contribution in [-0.2, 0) is 0 Å². The van der Waals surface area contributed by atoms with Gasteiger partial charge in [0.2, 0.25) is 0 Å². The Hall–Kier alpha value is -3.43. The maximum absolute atomic E-state index is 12.8. The number of nitrogens with one attached hydrogen (secondary N) is 2. The summed E-state index contributed by atoms with van der Waals surface area (Å²) in [4.78, 5) is 29.5. The Morgan fingerprint density at radius 1 is 0.914 bits per heavy atom. The molecular weight excluding hydrogens is 528 g/mol. The number of ether oxygens (including phenoxy) is 1. The van der Waals surface area contributed by atoms with Gasteiger partial charge in [0.1, 0.15) is 5.75 Å². The minimum Gasteiger partial charge on any atom is -0.496 e. The first-order valence-corrected chi connectivity index (χ1v) is 12.3. The number of carbonyl (C=O) groups excluding carboxylic acids is 2. The van der Waals surface area contributed by atoms with Crippen molar-refractivity contribution in [1.29, 1.82) is 0 Å². The maximum Gasteiger partial charge on any atom is 0.257 e. The fraction of sp³-hybridized carbons (Fsp3) is 0.192. The molecule has 0 unspecified atom stereocenters. The summed E-state index contributed by atoms with van der Waals surface area (Å²) in [6, 6.07) is 22.2. The fourth-order valence-corrected chi connectivity index (χ4v) is 4.65. The first-order valence-electron chi connectivity index (χ1n) is 11.1. The summed E-state index contributed by atoms with van der Waals surface area (Å²) in [5, 5.41) is 6.08. The number of piperazine rings is 1. The Labute approximate surface area is 218 Å². The van der Waals surface area contributed by atoms with Gasteiger partial charge in [0, 0.05) is 37.3 Å². The second-order valence-electron chi connectivity index (χ2n) is 7.92. The van der Waals surface area contributed by atoms with Crippen molar-refractivity contribution in [3.05, 3.63) is 88.4 Å². The zero-order chi connectivity index (χ0) is 24.8. The Balaban J connectivity index is 1.38. The molecular formula is C26H25BrN4O3S. The highest BCUT2D eigenvalue weighted by Crippen LogP contribution is 2.28. The minimum absolute atomic E-state index is 0.0470. The fourth-order valence-electron chi connectivity index (χ4n) is 3.91. The van der Waals surface area contributed by atoms with Crippen molar-refractivity contribution in [3.63, 3.8) is 0 Å². The van der Waals surface area contributed by atoms with Gasteiger partial charge < -0.3 is 19.9 Å². The van der Waals surface area contributed by atoms with Gasteiger partial charge >= 0.3 is 0 Å². The predicted octanol–water partition coefficient (Wildman–Crippen LogP) is 4.55. The zero-order valence-electron chi connectivity index (χ0n) is 19.2. The molecule has 0 bridgehead atoms. The normalized spacial score (nSPS) is 13.2. The Bertz CT molecular complexity index is 1230. The van der Waals surface area contributed by atoms with Crippen LogP contribution in [0.5, 0.6) is 5.75 Å². The van der Waals surface area contributed by atoms with Crippen LogP contribution in [0.2, 0.25) is 0 Å². The molecule has 0 saturated carbocycles. The standard InChI is InChI=1S/C26H25BrN4O3S/c1-34-23-12-11-19(17-20(23)27)24(32)29-26(35)28-21-9-5-6-10-22(21)30-13-15-31(16-14-30)25(33)18-7-3-2-4-8-18/h2-12,17H,13-16H2,1H3,(H2,28,29,32,35). The molecule has 1 heterocycles. The summed E-state index contributed by atoms with van der Waals surface area (Å²) in [6.45, 7) is 2.62. The number of hydrogen-bond donors (Lipinski definition) is 2. The second-order valence-corrected chi connectivity index (χ2v) is 9.18. The average molecular weight is 553 g/mol. The van der Waals surface area contributed by atoms with E-state index in [2.05, 4.69) is 31.5 Å². The summed E-state index contributed by atoms with van der Waals surface area (Å²) in [6.07, 6.45) is 0. The Morgan fingerprint density at radius 2 is 1.60 bits per heavy atom. The number of para-hydroxylation sites is 2. The van der Waals surface area contributed by atoms with E-state index in [0.29, 0.717) is 47.5 Å². The van der Waals surface area contributed by atoms with E-state index in [0.717, 1.165) is 11.4 Å². The molecule has 0 spiro atoms. The van der Waals surface area contributed by atoms with Gasteiger partial charge in [-0.25, -0.2) is 0 Å². The molecule has 1 aliphatic heterocycles. The van der Waals surface area contributed by atoms with E-state index in [1.54, 1.807) is 25.3 Å². The molecule has 3 aromatic carbocycles. The van der Waals surface area contributed by atoms with E-state index >= 15 is 0 Å². The molecule has 180 valence electrons. The van der Waals surface area contributed by atoms with E-state index in [1.807, 2.05) is 59.5 Å². The SMILES string of the molecule is COc1ccc(C(=O)NC(=S)Nc2ccccc2N2CCN(C(=O)c3ccccc3)CC2)cc1Br. The van der Waals surface area contributed by atoms with Crippen molar-refractivity contribution in [2.24, 2.45) is 0 Å². The monoisotopic (exact) mass is 552 g/mol. The van der Waals surface area contributed by atoms with E-state index in [1.165, 1.54) is 0 Å². The number of halogens is 1. The molecule has 0 aromatic heterocycles. The lowest BCUT2D eigenvalue weighted by molar-refractivity contribution is 0.0746. The van der Waals surface area contributed by atoms with Crippen molar-refractivity contribution < 1.29 is 14.3 Å². The average Bonchev–Trinajstić information content (AvgIpc) is 2.89. The summed E-state index contributed by atoms with van der Waals surface area (Å²) in [7, 11) is 1.57. The molecule has 1 saturated heterocycles. The molecule has 0 radical (unpaired) electrons. The number of amides is 2. The third-order valence-corrected chi connectivity index (χ3v) is 6.55. The lowest BCUT2D eigenvalue weighted by Crippen LogP contribution is -2.49. The summed E-state index contributed by atoms with van der Waals surface area (Å²) < 4.78 is 5.89. The topological polar surface area (TPSA) is 73.9 Å². The first-order chi connectivity index (χ1) is 17.0. The smallest absolute Gasteiger partial charge is 0.257 e. The number of nitrogens with zero attached hydrogens (tertiary/aromatic N) is 2. The molecule has 3 aromatic rings. The molecule has 2 amide bonds. The van der Waals surface area contributed by atoms with Crippen LogP contribution < -0.4 is 20.3 Å². The number of methoxy groups -OCH3 is 1. The van der Waals surface area contributed by atoms with Crippen LogP contribution in [0.15, 0.2) is 77.3 Å².